The first kappa shape index (κ1) is 11.6. The van der Waals surface area contributed by atoms with Gasteiger partial charge in [0.05, 0.1) is 11.1 Å². The molecule has 0 bridgehead atoms. The van der Waals surface area contributed by atoms with Gasteiger partial charge in [0.15, 0.2) is 5.78 Å². The van der Waals surface area contributed by atoms with Gasteiger partial charge >= 0.3 is 0 Å². The fourth-order valence-corrected chi connectivity index (χ4v) is 2.17. The first-order valence-electron chi connectivity index (χ1n) is 5.40. The Hall–Kier alpha value is -0.900. The number of carbonyl (C=O) groups excluding carboxylic acids is 1. The van der Waals surface area contributed by atoms with Gasteiger partial charge < -0.3 is 5.32 Å². The van der Waals surface area contributed by atoms with Crippen LogP contribution in [0.15, 0.2) is 24.3 Å². The zero-order chi connectivity index (χ0) is 11.5. The van der Waals surface area contributed by atoms with E-state index in [2.05, 4.69) is 10.2 Å². The van der Waals surface area contributed by atoms with Crippen molar-refractivity contribution in [1.82, 2.24) is 10.2 Å². The van der Waals surface area contributed by atoms with E-state index in [0.717, 1.165) is 13.1 Å². The molecule has 1 fully saturated rings. The minimum Gasteiger partial charge on any atom is -0.313 e. The molecule has 1 atom stereocenters. The molecule has 1 saturated heterocycles. The Morgan fingerprint density at radius 1 is 1.50 bits per heavy atom. The molecule has 1 aromatic carbocycles. The maximum atomic E-state index is 12.3. The lowest BCUT2D eigenvalue weighted by Crippen LogP contribution is -2.53. The van der Waals surface area contributed by atoms with Crippen LogP contribution in [-0.4, -0.2) is 43.4 Å². The Bertz CT molecular complexity index is 394. The molecule has 1 aliphatic heterocycles. The topological polar surface area (TPSA) is 32.3 Å². The van der Waals surface area contributed by atoms with Gasteiger partial charge in [0.1, 0.15) is 0 Å². The van der Waals surface area contributed by atoms with E-state index in [1.165, 1.54) is 0 Å². The van der Waals surface area contributed by atoms with E-state index in [9.17, 15) is 4.79 Å². The van der Waals surface area contributed by atoms with E-state index in [1.54, 1.807) is 12.1 Å². The highest BCUT2D eigenvalue weighted by atomic mass is 35.5. The van der Waals surface area contributed by atoms with Crippen LogP contribution in [0.4, 0.5) is 0 Å². The van der Waals surface area contributed by atoms with Crippen LogP contribution in [0.25, 0.3) is 0 Å². The summed E-state index contributed by atoms with van der Waals surface area (Å²) in [6, 6.07) is 7.11. The summed E-state index contributed by atoms with van der Waals surface area (Å²) in [7, 11) is 1.97. The maximum absolute atomic E-state index is 12.3. The van der Waals surface area contributed by atoms with Crippen molar-refractivity contribution in [2.75, 3.05) is 26.7 Å². The third kappa shape index (κ3) is 2.26. The zero-order valence-corrected chi connectivity index (χ0v) is 10.00. The fraction of sp³-hybridized carbons (Fsp3) is 0.417. The zero-order valence-electron chi connectivity index (χ0n) is 9.24. The maximum Gasteiger partial charge on any atom is 0.182 e. The van der Waals surface area contributed by atoms with Gasteiger partial charge in [-0.05, 0) is 19.2 Å². The van der Waals surface area contributed by atoms with Gasteiger partial charge in [0.25, 0.3) is 0 Å². The van der Waals surface area contributed by atoms with E-state index in [0.29, 0.717) is 17.1 Å². The summed E-state index contributed by atoms with van der Waals surface area (Å²) in [6.07, 6.45) is 0. The van der Waals surface area contributed by atoms with E-state index < -0.39 is 0 Å². The Morgan fingerprint density at radius 3 is 2.94 bits per heavy atom. The number of nitrogens with zero attached hydrogens (tertiary/aromatic N) is 1. The van der Waals surface area contributed by atoms with E-state index in [-0.39, 0.29) is 11.8 Å². The lowest BCUT2D eigenvalue weighted by Gasteiger charge is -2.32. The standard InChI is InChI=1S/C12H15ClN2O/c1-15-7-6-14-8-11(15)12(16)9-4-2-3-5-10(9)13/h2-5,11,14H,6-8H2,1H3. The summed E-state index contributed by atoms with van der Waals surface area (Å²) in [5, 5.41) is 3.76. The van der Waals surface area contributed by atoms with Crippen molar-refractivity contribution in [3.63, 3.8) is 0 Å². The number of carbonyl (C=O) groups is 1. The van der Waals surface area contributed by atoms with Gasteiger partial charge in [-0.3, -0.25) is 9.69 Å². The number of halogens is 1. The summed E-state index contributed by atoms with van der Waals surface area (Å²) < 4.78 is 0. The quantitative estimate of drug-likeness (QED) is 0.792. The number of piperazine rings is 1. The molecule has 1 heterocycles. The van der Waals surface area contributed by atoms with Crippen molar-refractivity contribution in [2.45, 2.75) is 6.04 Å². The highest BCUT2D eigenvalue weighted by Gasteiger charge is 2.27. The molecule has 0 radical (unpaired) electrons. The second kappa shape index (κ2) is 4.95. The summed E-state index contributed by atoms with van der Waals surface area (Å²) in [4.78, 5) is 14.3. The number of hydrogen-bond donors (Lipinski definition) is 1. The van der Waals surface area contributed by atoms with Crippen molar-refractivity contribution in [3.05, 3.63) is 34.9 Å². The molecule has 16 heavy (non-hydrogen) atoms. The van der Waals surface area contributed by atoms with Crippen LogP contribution < -0.4 is 5.32 Å². The van der Waals surface area contributed by atoms with E-state index in [1.807, 2.05) is 19.2 Å². The van der Waals surface area contributed by atoms with Gasteiger partial charge in [-0.2, -0.15) is 0 Å². The molecule has 1 unspecified atom stereocenters. The van der Waals surface area contributed by atoms with Crippen molar-refractivity contribution >= 4 is 17.4 Å². The van der Waals surface area contributed by atoms with Crippen molar-refractivity contribution in [2.24, 2.45) is 0 Å². The third-order valence-electron chi connectivity index (χ3n) is 2.95. The molecule has 0 spiro atoms. The van der Waals surface area contributed by atoms with Gasteiger partial charge in [0.2, 0.25) is 0 Å². The average molecular weight is 239 g/mol. The molecular weight excluding hydrogens is 224 g/mol. The molecule has 0 amide bonds. The van der Waals surface area contributed by atoms with Crippen molar-refractivity contribution in [1.29, 1.82) is 0 Å². The molecule has 0 aliphatic carbocycles. The van der Waals surface area contributed by atoms with E-state index in [4.69, 9.17) is 11.6 Å². The minimum absolute atomic E-state index is 0.0975. The first-order chi connectivity index (χ1) is 7.70. The number of likely N-dealkylation sites (N-methyl/N-ethyl adjacent to an activating group) is 1. The van der Waals surface area contributed by atoms with Crippen LogP contribution in [0.3, 0.4) is 0 Å². The summed E-state index contributed by atoms with van der Waals surface area (Å²) in [5.41, 5.74) is 0.615. The van der Waals surface area contributed by atoms with Crippen LogP contribution in [0.2, 0.25) is 5.02 Å². The van der Waals surface area contributed by atoms with Crippen LogP contribution >= 0.6 is 11.6 Å². The number of Topliss-reactive ketones (excluding diaryl/α,β-unsaturated/α-hetero) is 1. The molecule has 1 aromatic rings. The molecule has 0 aromatic heterocycles. The van der Waals surface area contributed by atoms with Gasteiger partial charge in [-0.1, -0.05) is 23.7 Å². The fourth-order valence-electron chi connectivity index (χ4n) is 1.94. The molecule has 3 nitrogen and oxygen atoms in total. The smallest absolute Gasteiger partial charge is 0.182 e. The van der Waals surface area contributed by atoms with Crippen LogP contribution in [0.5, 0.6) is 0 Å². The SMILES string of the molecule is CN1CCNCC1C(=O)c1ccccc1Cl. The Labute approximate surface area is 100 Å². The lowest BCUT2D eigenvalue weighted by atomic mass is 10.0. The first-order valence-corrected chi connectivity index (χ1v) is 5.77. The number of rotatable bonds is 2. The van der Waals surface area contributed by atoms with Crippen LogP contribution in [-0.2, 0) is 0 Å². The predicted octanol–water partition coefficient (Wildman–Crippen LogP) is 1.43. The Kier molecular flexibility index (Phi) is 3.59. The highest BCUT2D eigenvalue weighted by molar-refractivity contribution is 6.34. The highest BCUT2D eigenvalue weighted by Crippen LogP contribution is 2.18. The minimum atomic E-state index is -0.103. The second-order valence-electron chi connectivity index (χ2n) is 4.04. The Balaban J connectivity index is 2.21. The number of hydrogen-bond acceptors (Lipinski definition) is 3. The van der Waals surface area contributed by atoms with Gasteiger partial charge in [0, 0.05) is 25.2 Å². The Morgan fingerprint density at radius 2 is 2.25 bits per heavy atom. The predicted molar refractivity (Wildman–Crippen MR) is 65.1 cm³/mol. The van der Waals surface area contributed by atoms with Crippen molar-refractivity contribution in [3.8, 4) is 0 Å². The molecule has 1 aliphatic rings. The lowest BCUT2D eigenvalue weighted by molar-refractivity contribution is 0.0819. The molecule has 4 heteroatoms. The average Bonchev–Trinajstić information content (AvgIpc) is 2.29. The molecular formula is C12H15ClN2O. The summed E-state index contributed by atoms with van der Waals surface area (Å²) in [6.45, 7) is 2.52. The third-order valence-corrected chi connectivity index (χ3v) is 3.28. The number of nitrogens with one attached hydrogen (secondary N) is 1. The largest absolute Gasteiger partial charge is 0.313 e. The molecule has 0 saturated carbocycles. The summed E-state index contributed by atoms with van der Waals surface area (Å²) in [5.74, 6) is 0.0975. The van der Waals surface area contributed by atoms with Gasteiger partial charge in [-0.15, -0.1) is 0 Å². The number of benzene rings is 1. The summed E-state index contributed by atoms with van der Waals surface area (Å²) >= 11 is 6.03. The molecule has 2 rings (SSSR count). The van der Waals surface area contributed by atoms with E-state index >= 15 is 0 Å². The van der Waals surface area contributed by atoms with Crippen LogP contribution in [0, 0.1) is 0 Å². The van der Waals surface area contributed by atoms with Crippen LogP contribution in [0.1, 0.15) is 10.4 Å². The monoisotopic (exact) mass is 238 g/mol. The van der Waals surface area contributed by atoms with Crippen molar-refractivity contribution < 1.29 is 4.79 Å². The second-order valence-corrected chi connectivity index (χ2v) is 4.45. The normalized spacial score (nSPS) is 22.0. The number of ketones is 1. The molecule has 1 N–H and O–H groups in total. The van der Waals surface area contributed by atoms with Gasteiger partial charge in [-0.25, -0.2) is 0 Å². The molecule has 86 valence electrons.